The van der Waals surface area contributed by atoms with E-state index in [0.29, 0.717) is 17.0 Å². The number of hydrogen-bond acceptors (Lipinski definition) is 7. The number of aromatic nitrogens is 4. The van der Waals surface area contributed by atoms with Crippen LogP contribution >= 0.6 is 0 Å². The number of amides is 1. The third-order valence-electron chi connectivity index (χ3n) is 3.15. The lowest BCUT2D eigenvalue weighted by Gasteiger charge is -2.13. The SMILES string of the molecule is O=C(O)CC[C@H](NC(=O)CCNc1ncnc2nc[nH]c12)C(=O)O. The second kappa shape index (κ2) is 7.85. The van der Waals surface area contributed by atoms with Crippen LogP contribution in [0.3, 0.4) is 0 Å². The van der Waals surface area contributed by atoms with Crippen molar-refractivity contribution in [2.45, 2.75) is 25.3 Å². The van der Waals surface area contributed by atoms with Gasteiger partial charge in [0, 0.05) is 19.4 Å². The quantitative estimate of drug-likeness (QED) is 0.408. The number of aliphatic carboxylic acids is 2. The maximum atomic E-state index is 11.8. The van der Waals surface area contributed by atoms with Crippen molar-refractivity contribution < 1.29 is 24.6 Å². The van der Waals surface area contributed by atoms with E-state index in [1.54, 1.807) is 0 Å². The van der Waals surface area contributed by atoms with Gasteiger partial charge in [0.2, 0.25) is 5.91 Å². The number of anilines is 1. The summed E-state index contributed by atoms with van der Waals surface area (Å²) >= 11 is 0. The Labute approximate surface area is 135 Å². The molecule has 0 unspecified atom stereocenters. The summed E-state index contributed by atoms with van der Waals surface area (Å²) in [6.07, 6.45) is 2.28. The molecule has 5 N–H and O–H groups in total. The van der Waals surface area contributed by atoms with Crippen LogP contribution in [0.4, 0.5) is 5.82 Å². The molecule has 2 aromatic heterocycles. The predicted molar refractivity (Wildman–Crippen MR) is 81.2 cm³/mol. The molecule has 0 saturated heterocycles. The van der Waals surface area contributed by atoms with Gasteiger partial charge < -0.3 is 25.8 Å². The smallest absolute Gasteiger partial charge is 0.326 e. The zero-order valence-electron chi connectivity index (χ0n) is 12.5. The molecule has 0 fully saturated rings. The molecule has 2 heterocycles. The summed E-state index contributed by atoms with van der Waals surface area (Å²) in [5.41, 5.74) is 1.08. The van der Waals surface area contributed by atoms with E-state index in [1.807, 2.05) is 0 Å². The number of H-pyrrole nitrogens is 1. The lowest BCUT2D eigenvalue weighted by molar-refractivity contribution is -0.143. The molecular weight excluding hydrogens is 320 g/mol. The van der Waals surface area contributed by atoms with E-state index < -0.39 is 23.9 Å². The minimum absolute atomic E-state index is 0.00349. The molecule has 0 aliphatic carbocycles. The molecule has 0 spiro atoms. The van der Waals surface area contributed by atoms with Crippen molar-refractivity contribution in [1.29, 1.82) is 0 Å². The molecule has 0 aromatic carbocycles. The third kappa shape index (κ3) is 4.63. The number of hydrogen-bond donors (Lipinski definition) is 5. The van der Waals surface area contributed by atoms with E-state index >= 15 is 0 Å². The first-order valence-electron chi connectivity index (χ1n) is 7.09. The number of carbonyl (C=O) groups excluding carboxylic acids is 1. The van der Waals surface area contributed by atoms with Crippen molar-refractivity contribution in [3.05, 3.63) is 12.7 Å². The number of fused-ring (bicyclic) bond motifs is 1. The molecule has 1 amide bonds. The van der Waals surface area contributed by atoms with Crippen molar-refractivity contribution >= 4 is 34.8 Å². The number of aromatic amines is 1. The molecule has 2 rings (SSSR count). The molecule has 2 aromatic rings. The lowest BCUT2D eigenvalue weighted by Crippen LogP contribution is -2.41. The van der Waals surface area contributed by atoms with Crippen molar-refractivity contribution in [3.8, 4) is 0 Å². The standard InChI is InChI=1S/C13H16N6O5/c20-8(19-7(13(23)24)1-2-9(21)22)3-4-14-11-10-12(16-5-15-10)18-6-17-11/h5-7H,1-4H2,(H,19,20)(H,21,22)(H,23,24)(H2,14,15,16,17,18)/t7-/m0/s1. The third-order valence-corrected chi connectivity index (χ3v) is 3.15. The minimum atomic E-state index is -1.27. The second-order valence-electron chi connectivity index (χ2n) is 4.89. The van der Waals surface area contributed by atoms with Gasteiger partial charge in [-0.15, -0.1) is 0 Å². The first-order chi connectivity index (χ1) is 11.5. The predicted octanol–water partition coefficient (Wildman–Crippen LogP) is -0.411. The van der Waals surface area contributed by atoms with E-state index in [1.165, 1.54) is 12.7 Å². The Morgan fingerprint density at radius 2 is 1.96 bits per heavy atom. The van der Waals surface area contributed by atoms with Gasteiger partial charge in [0.15, 0.2) is 11.5 Å². The largest absolute Gasteiger partial charge is 0.481 e. The van der Waals surface area contributed by atoms with Gasteiger partial charge in [-0.2, -0.15) is 0 Å². The van der Waals surface area contributed by atoms with E-state index in [2.05, 4.69) is 30.6 Å². The second-order valence-corrected chi connectivity index (χ2v) is 4.89. The van der Waals surface area contributed by atoms with E-state index in [4.69, 9.17) is 10.2 Å². The van der Waals surface area contributed by atoms with Gasteiger partial charge in [0.25, 0.3) is 0 Å². The molecular formula is C13H16N6O5. The molecule has 0 bridgehead atoms. The van der Waals surface area contributed by atoms with E-state index in [-0.39, 0.29) is 25.8 Å². The normalized spacial score (nSPS) is 11.8. The van der Waals surface area contributed by atoms with Crippen LogP contribution in [0.25, 0.3) is 11.2 Å². The fourth-order valence-electron chi connectivity index (χ4n) is 1.99. The van der Waals surface area contributed by atoms with Gasteiger partial charge in [-0.05, 0) is 6.42 Å². The van der Waals surface area contributed by atoms with Crippen LogP contribution < -0.4 is 10.6 Å². The summed E-state index contributed by atoms with van der Waals surface area (Å²) in [6.45, 7) is 0.211. The van der Waals surface area contributed by atoms with Crippen LogP contribution in [0.5, 0.6) is 0 Å². The van der Waals surface area contributed by atoms with Gasteiger partial charge in [0.05, 0.1) is 6.33 Å². The minimum Gasteiger partial charge on any atom is -0.481 e. The van der Waals surface area contributed by atoms with Crippen LogP contribution in [-0.2, 0) is 14.4 Å². The molecule has 24 heavy (non-hydrogen) atoms. The van der Waals surface area contributed by atoms with Gasteiger partial charge in [0.1, 0.15) is 17.9 Å². The Bertz CT molecular complexity index is 745. The Kier molecular flexibility index (Phi) is 5.60. The van der Waals surface area contributed by atoms with Gasteiger partial charge >= 0.3 is 11.9 Å². The molecule has 1 atom stereocenters. The summed E-state index contributed by atoms with van der Waals surface area (Å²) in [7, 11) is 0. The summed E-state index contributed by atoms with van der Waals surface area (Å²) < 4.78 is 0. The molecule has 0 radical (unpaired) electrons. The van der Waals surface area contributed by atoms with Crippen LogP contribution in [-0.4, -0.2) is 60.6 Å². The van der Waals surface area contributed by atoms with E-state index in [9.17, 15) is 14.4 Å². The fraction of sp³-hybridized carbons (Fsp3) is 0.385. The summed E-state index contributed by atoms with van der Waals surface area (Å²) in [6, 6.07) is -1.23. The zero-order chi connectivity index (χ0) is 17.5. The molecule has 11 nitrogen and oxygen atoms in total. The first-order valence-corrected chi connectivity index (χ1v) is 7.09. The Balaban J connectivity index is 1.83. The highest BCUT2D eigenvalue weighted by Gasteiger charge is 2.20. The van der Waals surface area contributed by atoms with Crippen molar-refractivity contribution in [3.63, 3.8) is 0 Å². The Hall–Kier alpha value is -3.24. The van der Waals surface area contributed by atoms with Crippen molar-refractivity contribution in [2.75, 3.05) is 11.9 Å². The number of nitrogens with zero attached hydrogens (tertiary/aromatic N) is 3. The average molecular weight is 336 g/mol. The number of nitrogens with one attached hydrogen (secondary N) is 3. The number of imidazole rings is 1. The number of rotatable bonds is 9. The first kappa shape index (κ1) is 17.1. The highest BCUT2D eigenvalue weighted by atomic mass is 16.4. The lowest BCUT2D eigenvalue weighted by atomic mass is 10.1. The Morgan fingerprint density at radius 1 is 1.17 bits per heavy atom. The van der Waals surface area contributed by atoms with Crippen LogP contribution in [0.15, 0.2) is 12.7 Å². The van der Waals surface area contributed by atoms with Gasteiger partial charge in [-0.3, -0.25) is 9.59 Å². The fourth-order valence-corrected chi connectivity index (χ4v) is 1.99. The zero-order valence-corrected chi connectivity index (χ0v) is 12.5. The summed E-state index contributed by atoms with van der Waals surface area (Å²) in [5.74, 6) is -2.42. The van der Waals surface area contributed by atoms with Gasteiger partial charge in [-0.25, -0.2) is 19.7 Å². The van der Waals surface area contributed by atoms with Crippen molar-refractivity contribution in [2.24, 2.45) is 0 Å². The van der Waals surface area contributed by atoms with Gasteiger partial charge in [-0.1, -0.05) is 0 Å². The summed E-state index contributed by atoms with van der Waals surface area (Å²) in [5, 5.41) is 22.8. The van der Waals surface area contributed by atoms with E-state index in [0.717, 1.165) is 0 Å². The Morgan fingerprint density at radius 3 is 2.67 bits per heavy atom. The maximum Gasteiger partial charge on any atom is 0.326 e. The van der Waals surface area contributed by atoms with Crippen LogP contribution in [0.1, 0.15) is 19.3 Å². The number of carboxylic acid groups (broad SMARTS) is 2. The monoisotopic (exact) mass is 336 g/mol. The average Bonchev–Trinajstić information content (AvgIpc) is 3.00. The molecule has 128 valence electrons. The van der Waals surface area contributed by atoms with Crippen LogP contribution in [0, 0.1) is 0 Å². The van der Waals surface area contributed by atoms with Crippen LogP contribution in [0.2, 0.25) is 0 Å². The molecule has 0 aliphatic rings. The number of carbonyl (C=O) groups is 3. The highest BCUT2D eigenvalue weighted by molar-refractivity contribution is 5.85. The number of carboxylic acids is 2. The molecule has 0 aliphatic heterocycles. The topological polar surface area (TPSA) is 170 Å². The molecule has 11 heteroatoms. The summed E-state index contributed by atoms with van der Waals surface area (Å²) in [4.78, 5) is 48.1. The highest BCUT2D eigenvalue weighted by Crippen LogP contribution is 2.13. The maximum absolute atomic E-state index is 11.8. The molecule has 0 saturated carbocycles. The van der Waals surface area contributed by atoms with Crippen molar-refractivity contribution in [1.82, 2.24) is 25.3 Å².